The molecule has 4 heteroatoms. The van der Waals surface area contributed by atoms with Gasteiger partial charge in [0.2, 0.25) is 5.78 Å². The second kappa shape index (κ2) is 3.43. The predicted octanol–water partition coefficient (Wildman–Crippen LogP) is 3.14. The highest BCUT2D eigenvalue weighted by Gasteiger charge is 2.09. The average molecular weight is 235 g/mol. The number of fused-ring (bicyclic) bond motifs is 2. The van der Waals surface area contributed by atoms with Crippen LogP contribution in [0.4, 0.5) is 0 Å². The van der Waals surface area contributed by atoms with Gasteiger partial charge in [-0.05, 0) is 18.2 Å². The zero-order chi connectivity index (χ0) is 11.9. The van der Waals surface area contributed by atoms with Crippen LogP contribution in [0.25, 0.3) is 28.2 Å². The Morgan fingerprint density at radius 1 is 1.11 bits per heavy atom. The number of para-hydroxylation sites is 1. The maximum atomic E-state index is 5.78. The van der Waals surface area contributed by atoms with Crippen molar-refractivity contribution >= 4 is 16.7 Å². The van der Waals surface area contributed by atoms with Crippen LogP contribution in [0.3, 0.4) is 0 Å². The second-order valence-electron chi connectivity index (χ2n) is 4.10. The Bertz CT molecular complexity index is 706. The Hall–Kier alpha value is -2.62. The molecular weight excluding hydrogens is 226 g/mol. The quantitative estimate of drug-likeness (QED) is 0.509. The molecule has 0 spiro atoms. The first-order valence-corrected chi connectivity index (χ1v) is 5.69. The standard InChI is InChI=1S/C14H9N3O/c1-2-5-12-10(4-1)8-13(18-12)11-9-17-7-3-6-15-14(17)16-11/h1-9H. The summed E-state index contributed by atoms with van der Waals surface area (Å²) >= 11 is 0. The molecule has 0 unspecified atom stereocenters. The summed E-state index contributed by atoms with van der Waals surface area (Å²) in [6.07, 6.45) is 5.56. The fraction of sp³-hybridized carbons (Fsp3) is 0. The Kier molecular flexibility index (Phi) is 1.80. The molecule has 0 aliphatic rings. The van der Waals surface area contributed by atoms with Gasteiger partial charge in [0.05, 0.1) is 0 Å². The normalized spacial score (nSPS) is 11.3. The van der Waals surface area contributed by atoms with Crippen molar-refractivity contribution in [2.45, 2.75) is 0 Å². The van der Waals surface area contributed by atoms with Crippen molar-refractivity contribution in [3.8, 4) is 11.5 Å². The molecule has 0 radical (unpaired) electrons. The van der Waals surface area contributed by atoms with E-state index in [1.165, 1.54) is 0 Å². The summed E-state index contributed by atoms with van der Waals surface area (Å²) in [5.74, 6) is 1.44. The second-order valence-corrected chi connectivity index (χ2v) is 4.10. The highest BCUT2D eigenvalue weighted by atomic mass is 16.3. The predicted molar refractivity (Wildman–Crippen MR) is 68.2 cm³/mol. The van der Waals surface area contributed by atoms with E-state index < -0.39 is 0 Å². The van der Waals surface area contributed by atoms with E-state index >= 15 is 0 Å². The molecule has 3 aromatic heterocycles. The zero-order valence-electron chi connectivity index (χ0n) is 9.45. The van der Waals surface area contributed by atoms with Gasteiger partial charge in [-0.15, -0.1) is 0 Å². The molecule has 3 heterocycles. The SMILES string of the molecule is c1ccc2oc(-c3cn4cccnc4n3)cc2c1. The van der Waals surface area contributed by atoms with E-state index in [0.717, 1.165) is 22.4 Å². The van der Waals surface area contributed by atoms with Crippen LogP contribution >= 0.6 is 0 Å². The van der Waals surface area contributed by atoms with Gasteiger partial charge < -0.3 is 4.42 Å². The lowest BCUT2D eigenvalue weighted by Crippen LogP contribution is -1.82. The number of furan rings is 1. The van der Waals surface area contributed by atoms with Crippen molar-refractivity contribution in [3.63, 3.8) is 0 Å². The molecule has 4 aromatic rings. The van der Waals surface area contributed by atoms with Gasteiger partial charge >= 0.3 is 0 Å². The first-order valence-electron chi connectivity index (χ1n) is 5.69. The number of rotatable bonds is 1. The third kappa shape index (κ3) is 1.32. The molecule has 4 rings (SSSR count). The van der Waals surface area contributed by atoms with Gasteiger partial charge in [-0.3, -0.25) is 4.40 Å². The van der Waals surface area contributed by atoms with Crippen LogP contribution in [0.2, 0.25) is 0 Å². The molecule has 0 N–H and O–H groups in total. The van der Waals surface area contributed by atoms with Crippen molar-refractivity contribution in [1.29, 1.82) is 0 Å². The molecule has 0 bridgehead atoms. The number of aromatic nitrogens is 3. The van der Waals surface area contributed by atoms with Gasteiger partial charge in [-0.25, -0.2) is 9.97 Å². The summed E-state index contributed by atoms with van der Waals surface area (Å²) in [6, 6.07) is 11.8. The van der Waals surface area contributed by atoms with Crippen molar-refractivity contribution < 1.29 is 4.42 Å². The Balaban J connectivity index is 1.95. The summed E-state index contributed by atoms with van der Waals surface area (Å²) in [4.78, 5) is 8.63. The van der Waals surface area contributed by atoms with Crippen molar-refractivity contribution in [1.82, 2.24) is 14.4 Å². The molecule has 0 atom stereocenters. The van der Waals surface area contributed by atoms with E-state index in [1.54, 1.807) is 6.20 Å². The minimum Gasteiger partial charge on any atom is -0.454 e. The number of imidazole rings is 1. The Labute approximate surface area is 103 Å². The number of nitrogens with zero attached hydrogens (tertiary/aromatic N) is 3. The minimum absolute atomic E-state index is 0.674. The molecular formula is C14H9N3O. The topological polar surface area (TPSA) is 43.3 Å². The van der Waals surface area contributed by atoms with E-state index in [9.17, 15) is 0 Å². The van der Waals surface area contributed by atoms with Crippen LogP contribution < -0.4 is 0 Å². The summed E-state index contributed by atoms with van der Waals surface area (Å²) in [6.45, 7) is 0. The van der Waals surface area contributed by atoms with Crippen LogP contribution in [-0.2, 0) is 0 Å². The Morgan fingerprint density at radius 2 is 2.06 bits per heavy atom. The fourth-order valence-corrected chi connectivity index (χ4v) is 2.06. The molecule has 0 aliphatic heterocycles. The lowest BCUT2D eigenvalue weighted by Gasteiger charge is -1.86. The van der Waals surface area contributed by atoms with Gasteiger partial charge in [-0.2, -0.15) is 0 Å². The minimum atomic E-state index is 0.674. The molecule has 18 heavy (non-hydrogen) atoms. The molecule has 0 fully saturated rings. The van der Waals surface area contributed by atoms with E-state index in [4.69, 9.17) is 4.42 Å². The van der Waals surface area contributed by atoms with Crippen LogP contribution in [0.15, 0.2) is 59.4 Å². The summed E-state index contributed by atoms with van der Waals surface area (Å²) in [7, 11) is 0. The van der Waals surface area contributed by atoms with Gasteiger partial charge in [0, 0.05) is 24.0 Å². The Morgan fingerprint density at radius 3 is 2.94 bits per heavy atom. The van der Waals surface area contributed by atoms with Gasteiger partial charge in [0.25, 0.3) is 0 Å². The number of benzene rings is 1. The summed E-state index contributed by atoms with van der Waals surface area (Å²) in [5, 5.41) is 1.08. The van der Waals surface area contributed by atoms with Crippen LogP contribution in [0.1, 0.15) is 0 Å². The molecule has 86 valence electrons. The summed E-state index contributed by atoms with van der Waals surface area (Å²) < 4.78 is 7.66. The van der Waals surface area contributed by atoms with Crippen LogP contribution in [0, 0.1) is 0 Å². The molecule has 4 nitrogen and oxygen atoms in total. The van der Waals surface area contributed by atoms with Crippen molar-refractivity contribution in [3.05, 3.63) is 55.0 Å². The average Bonchev–Trinajstić information content (AvgIpc) is 3.02. The zero-order valence-corrected chi connectivity index (χ0v) is 9.45. The largest absolute Gasteiger partial charge is 0.454 e. The molecule has 0 saturated heterocycles. The first kappa shape index (κ1) is 9.41. The van der Waals surface area contributed by atoms with E-state index in [-0.39, 0.29) is 0 Å². The van der Waals surface area contributed by atoms with Crippen LogP contribution in [-0.4, -0.2) is 14.4 Å². The molecule has 1 aromatic carbocycles. The van der Waals surface area contributed by atoms with Crippen LogP contribution in [0.5, 0.6) is 0 Å². The molecule has 0 amide bonds. The van der Waals surface area contributed by atoms with Gasteiger partial charge in [0.15, 0.2) is 5.76 Å². The molecule has 0 aliphatic carbocycles. The van der Waals surface area contributed by atoms with E-state index in [2.05, 4.69) is 9.97 Å². The van der Waals surface area contributed by atoms with E-state index in [1.807, 2.05) is 53.2 Å². The molecule has 0 saturated carbocycles. The van der Waals surface area contributed by atoms with Gasteiger partial charge in [-0.1, -0.05) is 18.2 Å². The van der Waals surface area contributed by atoms with Gasteiger partial charge in [0.1, 0.15) is 11.3 Å². The lowest BCUT2D eigenvalue weighted by molar-refractivity contribution is 0.629. The van der Waals surface area contributed by atoms with E-state index in [0.29, 0.717) is 5.78 Å². The van der Waals surface area contributed by atoms with Crippen molar-refractivity contribution in [2.24, 2.45) is 0 Å². The fourth-order valence-electron chi connectivity index (χ4n) is 2.06. The third-order valence-electron chi connectivity index (χ3n) is 2.91. The smallest absolute Gasteiger partial charge is 0.234 e. The maximum Gasteiger partial charge on any atom is 0.234 e. The number of hydrogen-bond acceptors (Lipinski definition) is 3. The monoisotopic (exact) mass is 235 g/mol. The third-order valence-corrected chi connectivity index (χ3v) is 2.91. The first-order chi connectivity index (χ1) is 8.90. The maximum absolute atomic E-state index is 5.78. The lowest BCUT2D eigenvalue weighted by atomic mass is 10.2. The van der Waals surface area contributed by atoms with Crippen molar-refractivity contribution in [2.75, 3.05) is 0 Å². The number of hydrogen-bond donors (Lipinski definition) is 0. The summed E-state index contributed by atoms with van der Waals surface area (Å²) in [5.41, 5.74) is 1.67. The highest BCUT2D eigenvalue weighted by Crippen LogP contribution is 2.26. The highest BCUT2D eigenvalue weighted by molar-refractivity contribution is 5.82.